The summed E-state index contributed by atoms with van der Waals surface area (Å²) < 4.78 is 13.0. The lowest BCUT2D eigenvalue weighted by atomic mass is 10.2. The number of benzene rings is 2. The van der Waals surface area contributed by atoms with E-state index in [1.165, 1.54) is 30.3 Å². The molecule has 1 fully saturated rings. The lowest BCUT2D eigenvalue weighted by molar-refractivity contribution is -0.255. The molecule has 24 heavy (non-hydrogen) atoms. The molecule has 3 rings (SSSR count). The Morgan fingerprint density at radius 2 is 1.79 bits per heavy atom. The van der Waals surface area contributed by atoms with E-state index in [1.54, 1.807) is 18.2 Å². The van der Waals surface area contributed by atoms with Crippen molar-refractivity contribution in [1.29, 1.82) is 0 Å². The fourth-order valence-corrected chi connectivity index (χ4v) is 3.62. The molecule has 2 aromatic carbocycles. The highest BCUT2D eigenvalue weighted by Gasteiger charge is 2.40. The first kappa shape index (κ1) is 16.2. The normalized spacial score (nSPS) is 17.4. The maximum absolute atomic E-state index is 13.0. The van der Waals surface area contributed by atoms with Crippen LogP contribution in [0.25, 0.3) is 0 Å². The highest BCUT2D eigenvalue weighted by atomic mass is 32.2. The van der Waals surface area contributed by atoms with Crippen molar-refractivity contribution in [3.8, 4) is 0 Å². The molecule has 0 aromatic heterocycles. The first-order chi connectivity index (χ1) is 11.5. The molecule has 0 unspecified atom stereocenters. The summed E-state index contributed by atoms with van der Waals surface area (Å²) in [6.07, 6.45) is -0.0533. The van der Waals surface area contributed by atoms with Gasteiger partial charge in [-0.15, -0.1) is 11.8 Å². The summed E-state index contributed by atoms with van der Waals surface area (Å²) in [6.45, 7) is 0. The zero-order chi connectivity index (χ0) is 17.3. The Hall–Kier alpha value is -2.67. The summed E-state index contributed by atoms with van der Waals surface area (Å²) >= 11 is 1.01. The predicted octanol–water partition coefficient (Wildman–Crippen LogP) is 1.61. The van der Waals surface area contributed by atoms with Gasteiger partial charge in [-0.05, 0) is 30.3 Å². The Bertz CT molecular complexity index is 822. The van der Waals surface area contributed by atoms with E-state index >= 15 is 0 Å². The van der Waals surface area contributed by atoms with Crippen LogP contribution in [0.1, 0.15) is 16.8 Å². The van der Waals surface area contributed by atoms with Crippen molar-refractivity contribution in [1.82, 2.24) is 0 Å². The van der Waals surface area contributed by atoms with Gasteiger partial charge in [0, 0.05) is 16.9 Å². The summed E-state index contributed by atoms with van der Waals surface area (Å²) in [5.41, 5.74) is 0.269. The van der Waals surface area contributed by atoms with Gasteiger partial charge in [0.25, 0.3) is 0 Å². The number of hydrogen-bond donors (Lipinski definition) is 0. The van der Waals surface area contributed by atoms with Crippen molar-refractivity contribution in [2.45, 2.75) is 16.6 Å². The summed E-state index contributed by atoms with van der Waals surface area (Å²) in [5, 5.41) is 10.4. The second-order valence-electron chi connectivity index (χ2n) is 5.14. The van der Waals surface area contributed by atoms with Crippen LogP contribution in [0, 0.1) is 5.82 Å². The Balaban J connectivity index is 1.85. The third-order valence-corrected chi connectivity index (χ3v) is 4.83. The fourth-order valence-electron chi connectivity index (χ4n) is 2.45. The van der Waals surface area contributed by atoms with E-state index in [0.717, 1.165) is 16.7 Å². The first-order valence-corrected chi connectivity index (χ1v) is 7.94. The molecule has 2 aromatic rings. The quantitative estimate of drug-likeness (QED) is 0.788. The summed E-state index contributed by atoms with van der Waals surface area (Å²) in [6, 6.07) is 11.2. The minimum absolute atomic E-state index is 0.0250. The Morgan fingerprint density at radius 3 is 2.46 bits per heavy atom. The maximum Gasteiger partial charge on any atom is 0.247 e. The topological polar surface area (TPSA) is 77.5 Å². The third-order valence-electron chi connectivity index (χ3n) is 3.57. The number of rotatable bonds is 4. The minimum Gasteiger partial charge on any atom is -0.545 e. The van der Waals surface area contributed by atoms with Gasteiger partial charge in [0.2, 0.25) is 11.8 Å². The number of carboxylic acid groups (broad SMARTS) is 1. The smallest absolute Gasteiger partial charge is 0.247 e. The number of aromatic carboxylic acids is 1. The average Bonchev–Trinajstić information content (AvgIpc) is 2.83. The minimum atomic E-state index is -1.34. The number of halogens is 1. The summed E-state index contributed by atoms with van der Waals surface area (Å²) in [5.74, 6) is -2.67. The van der Waals surface area contributed by atoms with Crippen molar-refractivity contribution in [3.05, 3.63) is 59.9 Å². The van der Waals surface area contributed by atoms with Gasteiger partial charge in [-0.25, -0.2) is 9.29 Å². The Kier molecular flexibility index (Phi) is 4.35. The number of amides is 2. The number of carbonyl (C=O) groups excluding carboxylic acids is 3. The van der Waals surface area contributed by atoms with Gasteiger partial charge < -0.3 is 9.90 Å². The second kappa shape index (κ2) is 6.45. The largest absolute Gasteiger partial charge is 0.545 e. The molecule has 5 nitrogen and oxygen atoms in total. The number of thioether (sulfide) groups is 1. The monoisotopic (exact) mass is 344 g/mol. The van der Waals surface area contributed by atoms with Gasteiger partial charge in [0.05, 0.1) is 16.9 Å². The standard InChI is InChI=1S/C17H12FNO4S/c18-10-5-7-11(8-6-10)19-15(20)9-14(16(19)21)24-13-4-2-1-3-12(13)17(22)23/h1-8,14H,9H2,(H,22,23)/p-1/t14-/m0/s1. The third kappa shape index (κ3) is 3.03. The van der Waals surface area contributed by atoms with Crippen molar-refractivity contribution in [2.75, 3.05) is 4.90 Å². The van der Waals surface area contributed by atoms with Crippen LogP contribution in [-0.4, -0.2) is 23.0 Å². The van der Waals surface area contributed by atoms with E-state index in [-0.39, 0.29) is 12.0 Å². The van der Waals surface area contributed by atoms with Gasteiger partial charge in [0.1, 0.15) is 5.82 Å². The molecule has 1 heterocycles. The predicted molar refractivity (Wildman–Crippen MR) is 83.9 cm³/mol. The van der Waals surface area contributed by atoms with Crippen LogP contribution >= 0.6 is 11.8 Å². The zero-order valence-corrected chi connectivity index (χ0v) is 13.1. The van der Waals surface area contributed by atoms with E-state index in [1.807, 2.05) is 0 Å². The average molecular weight is 344 g/mol. The van der Waals surface area contributed by atoms with Crippen molar-refractivity contribution in [2.24, 2.45) is 0 Å². The second-order valence-corrected chi connectivity index (χ2v) is 6.38. The van der Waals surface area contributed by atoms with Gasteiger partial charge in [-0.3, -0.25) is 9.59 Å². The summed E-state index contributed by atoms with van der Waals surface area (Å²) in [7, 11) is 0. The molecule has 0 spiro atoms. The van der Waals surface area contributed by atoms with E-state index in [0.29, 0.717) is 10.6 Å². The van der Waals surface area contributed by atoms with Crippen LogP contribution in [0.5, 0.6) is 0 Å². The highest BCUT2D eigenvalue weighted by molar-refractivity contribution is 8.00. The number of hydrogen-bond acceptors (Lipinski definition) is 5. The molecular formula is C17H11FNO4S-. The molecule has 0 radical (unpaired) electrons. The molecule has 0 bridgehead atoms. The molecule has 122 valence electrons. The molecule has 0 aliphatic carbocycles. The number of imide groups is 1. The van der Waals surface area contributed by atoms with E-state index in [2.05, 4.69) is 0 Å². The van der Waals surface area contributed by atoms with Gasteiger partial charge in [-0.1, -0.05) is 18.2 Å². The summed E-state index contributed by atoms with van der Waals surface area (Å²) in [4.78, 5) is 37.2. The lowest BCUT2D eigenvalue weighted by Gasteiger charge is -2.16. The molecule has 1 atom stereocenters. The number of carbonyl (C=O) groups is 3. The molecule has 7 heteroatoms. The molecule has 2 amide bonds. The first-order valence-electron chi connectivity index (χ1n) is 7.07. The van der Waals surface area contributed by atoms with E-state index in [4.69, 9.17) is 0 Å². The molecule has 1 saturated heterocycles. The van der Waals surface area contributed by atoms with Gasteiger partial charge in [-0.2, -0.15) is 0 Å². The number of carboxylic acids is 1. The number of nitrogens with zero attached hydrogens (tertiary/aromatic N) is 1. The van der Waals surface area contributed by atoms with Crippen LogP contribution in [0.4, 0.5) is 10.1 Å². The van der Waals surface area contributed by atoms with Crippen LogP contribution in [0.2, 0.25) is 0 Å². The molecule has 0 N–H and O–H groups in total. The Labute approximate surface area is 141 Å². The fraction of sp³-hybridized carbons (Fsp3) is 0.118. The molecule has 1 aliphatic heterocycles. The van der Waals surface area contributed by atoms with Crippen molar-refractivity contribution < 1.29 is 23.9 Å². The van der Waals surface area contributed by atoms with E-state index in [9.17, 15) is 23.9 Å². The zero-order valence-electron chi connectivity index (χ0n) is 12.3. The Morgan fingerprint density at radius 1 is 1.12 bits per heavy atom. The van der Waals surface area contributed by atoms with Crippen LogP contribution in [0.3, 0.4) is 0 Å². The highest BCUT2D eigenvalue weighted by Crippen LogP contribution is 2.35. The van der Waals surface area contributed by atoms with Crippen molar-refractivity contribution >= 4 is 35.2 Å². The SMILES string of the molecule is O=C([O-])c1ccccc1S[C@H]1CC(=O)N(c2ccc(F)cc2)C1=O. The van der Waals surface area contributed by atoms with Crippen LogP contribution < -0.4 is 10.0 Å². The van der Waals surface area contributed by atoms with Gasteiger partial charge in [0.15, 0.2) is 0 Å². The molecular weight excluding hydrogens is 333 g/mol. The number of anilines is 1. The van der Waals surface area contributed by atoms with Crippen LogP contribution in [0.15, 0.2) is 53.4 Å². The maximum atomic E-state index is 13.0. The van der Waals surface area contributed by atoms with Crippen molar-refractivity contribution in [3.63, 3.8) is 0 Å². The van der Waals surface area contributed by atoms with E-state index < -0.39 is 28.9 Å². The molecule has 1 aliphatic rings. The van der Waals surface area contributed by atoms with Gasteiger partial charge >= 0.3 is 0 Å². The van der Waals surface area contributed by atoms with Crippen LogP contribution in [-0.2, 0) is 9.59 Å². The lowest BCUT2D eigenvalue weighted by Crippen LogP contribution is -2.31. The molecule has 0 saturated carbocycles.